The molecule has 120 valence electrons. The number of carbonyl (C=O) groups excluding carboxylic acids is 1. The highest BCUT2D eigenvalue weighted by atomic mass is 32.1. The molecular weight excluding hydrogens is 299 g/mol. The van der Waals surface area contributed by atoms with Crippen LogP contribution in [0.4, 0.5) is 0 Å². The van der Waals surface area contributed by atoms with Gasteiger partial charge in [-0.1, -0.05) is 0 Å². The first-order valence-electron chi connectivity index (χ1n) is 7.34. The number of aromatic nitrogens is 1. The molecule has 0 bridgehead atoms. The van der Waals surface area contributed by atoms with Crippen molar-refractivity contribution >= 4 is 30.4 Å². The maximum atomic E-state index is 11.2. The summed E-state index contributed by atoms with van der Waals surface area (Å²) in [5.74, 6) is -0.0854. The van der Waals surface area contributed by atoms with Gasteiger partial charge in [-0.3, -0.25) is 4.79 Å². The summed E-state index contributed by atoms with van der Waals surface area (Å²) in [6.07, 6.45) is 3.77. The van der Waals surface area contributed by atoms with Gasteiger partial charge >= 0.3 is 7.12 Å². The van der Waals surface area contributed by atoms with Crippen molar-refractivity contribution in [3.63, 3.8) is 0 Å². The predicted molar refractivity (Wildman–Crippen MR) is 89.6 cm³/mol. The van der Waals surface area contributed by atoms with E-state index in [1.165, 1.54) is 6.92 Å². The summed E-state index contributed by atoms with van der Waals surface area (Å²) >= 11 is 1.60. The van der Waals surface area contributed by atoms with Crippen molar-refractivity contribution in [1.82, 2.24) is 10.3 Å². The minimum atomic E-state index is -0.485. The fraction of sp³-hybridized carbons (Fsp3) is 0.600. The summed E-state index contributed by atoms with van der Waals surface area (Å²) in [4.78, 5) is 16.7. The molecule has 1 saturated heterocycles. The zero-order valence-corrected chi connectivity index (χ0v) is 14.8. The van der Waals surface area contributed by atoms with E-state index in [1.54, 1.807) is 11.3 Å². The molecule has 0 spiro atoms. The number of nitrogens with zero attached hydrogens (tertiary/aromatic N) is 1. The molecule has 1 N–H and O–H groups in total. The van der Waals surface area contributed by atoms with Crippen LogP contribution in [0.3, 0.4) is 0 Å². The van der Waals surface area contributed by atoms with Gasteiger partial charge in [0.1, 0.15) is 5.01 Å². The van der Waals surface area contributed by atoms with Crippen molar-refractivity contribution in [3.8, 4) is 0 Å². The molecule has 1 aliphatic rings. The number of thiazole rings is 1. The van der Waals surface area contributed by atoms with Gasteiger partial charge in [0, 0.05) is 24.5 Å². The first-order valence-corrected chi connectivity index (χ1v) is 8.15. The SMILES string of the molecule is CC(=O)NCC(=Cc1ncc(C)s1)B1OC(C)(C)C(C)(C)O1. The molecule has 5 nitrogen and oxygen atoms in total. The Morgan fingerprint density at radius 2 is 1.95 bits per heavy atom. The third-order valence-electron chi connectivity index (χ3n) is 4.05. The van der Waals surface area contributed by atoms with E-state index < -0.39 is 18.3 Å². The summed E-state index contributed by atoms with van der Waals surface area (Å²) < 4.78 is 12.1. The monoisotopic (exact) mass is 322 g/mol. The Hall–Kier alpha value is -1.18. The average molecular weight is 322 g/mol. The normalized spacial score (nSPS) is 20.3. The zero-order valence-electron chi connectivity index (χ0n) is 14.0. The van der Waals surface area contributed by atoms with Gasteiger partial charge < -0.3 is 14.6 Å². The van der Waals surface area contributed by atoms with Gasteiger partial charge in [0.25, 0.3) is 0 Å². The van der Waals surface area contributed by atoms with Crippen LogP contribution in [0.2, 0.25) is 0 Å². The van der Waals surface area contributed by atoms with Gasteiger partial charge in [-0.05, 0) is 46.2 Å². The lowest BCUT2D eigenvalue weighted by atomic mass is 9.77. The Morgan fingerprint density at radius 1 is 1.36 bits per heavy atom. The minimum absolute atomic E-state index is 0.0854. The Balaban J connectivity index is 2.25. The number of carbonyl (C=O) groups is 1. The van der Waals surface area contributed by atoms with Crippen LogP contribution in [0, 0.1) is 6.92 Å². The molecule has 1 aromatic heterocycles. The Bertz CT molecular complexity index is 579. The van der Waals surface area contributed by atoms with Gasteiger partial charge in [0.2, 0.25) is 5.91 Å². The van der Waals surface area contributed by atoms with Gasteiger partial charge in [0.15, 0.2) is 0 Å². The van der Waals surface area contributed by atoms with Gasteiger partial charge in [-0.15, -0.1) is 11.3 Å². The quantitative estimate of drug-likeness (QED) is 0.866. The Kier molecular flexibility index (Phi) is 4.80. The Morgan fingerprint density at radius 3 is 2.41 bits per heavy atom. The molecule has 1 amide bonds. The van der Waals surface area contributed by atoms with Crippen LogP contribution in [0.1, 0.15) is 44.5 Å². The fourth-order valence-electron chi connectivity index (χ4n) is 2.02. The number of nitrogens with one attached hydrogen (secondary N) is 1. The molecule has 0 saturated carbocycles. The topological polar surface area (TPSA) is 60.5 Å². The summed E-state index contributed by atoms with van der Waals surface area (Å²) in [5.41, 5.74) is 0.0422. The first-order chi connectivity index (χ1) is 10.1. The van der Waals surface area contributed by atoms with Crippen molar-refractivity contribution in [3.05, 3.63) is 21.6 Å². The van der Waals surface area contributed by atoms with Gasteiger partial charge in [-0.2, -0.15) is 0 Å². The molecule has 0 atom stereocenters. The molecule has 0 aliphatic carbocycles. The van der Waals surface area contributed by atoms with E-state index >= 15 is 0 Å². The summed E-state index contributed by atoms with van der Waals surface area (Å²) in [5, 5.41) is 3.70. The molecule has 1 aliphatic heterocycles. The molecule has 7 heteroatoms. The highest BCUT2D eigenvalue weighted by Crippen LogP contribution is 2.38. The number of rotatable bonds is 4. The standard InChI is InChI=1S/C15H23BN2O3S/c1-10-8-18-13(22-10)7-12(9-17-11(2)19)16-20-14(3,4)15(5,6)21-16/h7-8H,9H2,1-6H3,(H,17,19). The van der Waals surface area contributed by atoms with Crippen molar-refractivity contribution in [2.24, 2.45) is 0 Å². The lowest BCUT2D eigenvalue weighted by molar-refractivity contribution is -0.118. The Labute approximate surface area is 136 Å². The van der Waals surface area contributed by atoms with E-state index in [-0.39, 0.29) is 5.91 Å². The minimum Gasteiger partial charge on any atom is -0.400 e. The van der Waals surface area contributed by atoms with E-state index in [1.807, 2.05) is 46.9 Å². The molecule has 22 heavy (non-hydrogen) atoms. The molecule has 1 fully saturated rings. The van der Waals surface area contributed by atoms with E-state index in [0.29, 0.717) is 6.54 Å². The second kappa shape index (κ2) is 6.14. The van der Waals surface area contributed by atoms with Crippen LogP contribution in [0.25, 0.3) is 6.08 Å². The van der Waals surface area contributed by atoms with Crippen LogP contribution in [-0.4, -0.2) is 35.8 Å². The number of hydrogen-bond acceptors (Lipinski definition) is 5. The highest BCUT2D eigenvalue weighted by Gasteiger charge is 2.52. The van der Waals surface area contributed by atoms with Crippen LogP contribution in [-0.2, 0) is 14.1 Å². The molecule has 2 rings (SSSR count). The van der Waals surface area contributed by atoms with E-state index in [4.69, 9.17) is 9.31 Å². The second-order valence-electron chi connectivity index (χ2n) is 6.53. The number of amides is 1. The molecular formula is C15H23BN2O3S. The van der Waals surface area contributed by atoms with Gasteiger partial charge in [-0.25, -0.2) is 4.98 Å². The molecule has 0 aromatic carbocycles. The highest BCUT2D eigenvalue weighted by molar-refractivity contribution is 7.12. The molecule has 0 unspecified atom stereocenters. The third kappa shape index (κ3) is 3.77. The summed E-state index contributed by atoms with van der Waals surface area (Å²) in [6.45, 7) is 11.9. The number of aryl methyl sites for hydroxylation is 1. The van der Waals surface area contributed by atoms with E-state index in [0.717, 1.165) is 15.4 Å². The summed E-state index contributed by atoms with van der Waals surface area (Å²) in [6, 6.07) is 0. The zero-order chi connectivity index (χ0) is 16.5. The fourth-order valence-corrected chi connectivity index (χ4v) is 2.77. The lowest BCUT2D eigenvalue weighted by Crippen LogP contribution is -2.41. The first kappa shape index (κ1) is 17.2. The molecule has 2 heterocycles. The smallest absolute Gasteiger partial charge is 0.400 e. The largest absolute Gasteiger partial charge is 0.492 e. The van der Waals surface area contributed by atoms with Crippen molar-refractivity contribution in [2.75, 3.05) is 6.54 Å². The third-order valence-corrected chi connectivity index (χ3v) is 4.91. The van der Waals surface area contributed by atoms with E-state index in [9.17, 15) is 4.79 Å². The molecule has 1 aromatic rings. The summed E-state index contributed by atoms with van der Waals surface area (Å²) in [7, 11) is -0.485. The van der Waals surface area contributed by atoms with Crippen molar-refractivity contribution in [2.45, 2.75) is 52.7 Å². The van der Waals surface area contributed by atoms with Crippen molar-refractivity contribution in [1.29, 1.82) is 0 Å². The van der Waals surface area contributed by atoms with Crippen LogP contribution >= 0.6 is 11.3 Å². The lowest BCUT2D eigenvalue weighted by Gasteiger charge is -2.32. The van der Waals surface area contributed by atoms with Crippen molar-refractivity contribution < 1.29 is 14.1 Å². The van der Waals surface area contributed by atoms with Gasteiger partial charge in [0.05, 0.1) is 11.2 Å². The van der Waals surface area contributed by atoms with Crippen LogP contribution < -0.4 is 5.32 Å². The number of hydrogen-bond donors (Lipinski definition) is 1. The second-order valence-corrected chi connectivity index (χ2v) is 7.79. The predicted octanol–water partition coefficient (Wildman–Crippen LogP) is 2.60. The average Bonchev–Trinajstić information content (AvgIpc) is 2.86. The van der Waals surface area contributed by atoms with Crippen LogP contribution in [0.15, 0.2) is 11.7 Å². The van der Waals surface area contributed by atoms with Crippen LogP contribution in [0.5, 0.6) is 0 Å². The van der Waals surface area contributed by atoms with E-state index in [2.05, 4.69) is 10.3 Å². The maximum absolute atomic E-state index is 11.2. The molecule has 0 radical (unpaired) electrons. The maximum Gasteiger partial charge on any atom is 0.492 e.